The lowest BCUT2D eigenvalue weighted by atomic mass is 10.1. The number of carbonyl (C=O) groups excluding carboxylic acids is 1. The molecule has 0 saturated heterocycles. The SMILES string of the molecule is COC(=O)c1c(C)[nH]c2cc(OCC(F)F)ccc12. The number of alkyl halides is 2. The molecule has 0 amide bonds. The molecule has 0 unspecified atom stereocenters. The molecule has 0 aliphatic rings. The first-order chi connectivity index (χ1) is 9.02. The Morgan fingerprint density at radius 2 is 2.16 bits per heavy atom. The maximum atomic E-state index is 12.1. The summed E-state index contributed by atoms with van der Waals surface area (Å²) < 4.78 is 33.7. The quantitative estimate of drug-likeness (QED) is 0.868. The average Bonchev–Trinajstić information content (AvgIpc) is 2.70. The molecule has 2 rings (SSSR count). The number of hydrogen-bond acceptors (Lipinski definition) is 3. The lowest BCUT2D eigenvalue weighted by Gasteiger charge is -2.05. The molecule has 1 aromatic heterocycles. The Bertz CT molecular complexity index is 607. The molecule has 0 aliphatic heterocycles. The summed E-state index contributed by atoms with van der Waals surface area (Å²) in [5, 5.41) is 0.675. The molecule has 1 aromatic carbocycles. The van der Waals surface area contributed by atoms with Crippen LogP contribution in [0.15, 0.2) is 18.2 Å². The molecule has 4 nitrogen and oxygen atoms in total. The zero-order valence-corrected chi connectivity index (χ0v) is 10.5. The van der Waals surface area contributed by atoms with E-state index in [1.165, 1.54) is 7.11 Å². The van der Waals surface area contributed by atoms with Crippen LogP contribution in [-0.2, 0) is 4.74 Å². The molecule has 0 atom stereocenters. The van der Waals surface area contributed by atoms with E-state index in [2.05, 4.69) is 4.98 Å². The van der Waals surface area contributed by atoms with E-state index in [0.29, 0.717) is 27.9 Å². The third-order valence-corrected chi connectivity index (χ3v) is 2.72. The Balaban J connectivity index is 2.37. The maximum Gasteiger partial charge on any atom is 0.340 e. The van der Waals surface area contributed by atoms with Crippen LogP contribution in [0.25, 0.3) is 10.9 Å². The van der Waals surface area contributed by atoms with Crippen LogP contribution in [0.4, 0.5) is 8.78 Å². The van der Waals surface area contributed by atoms with Crippen LogP contribution in [0.1, 0.15) is 16.1 Å². The van der Waals surface area contributed by atoms with Crippen molar-refractivity contribution in [3.8, 4) is 5.75 Å². The lowest BCUT2D eigenvalue weighted by molar-refractivity contribution is 0.0602. The number of ether oxygens (including phenoxy) is 2. The number of esters is 1. The van der Waals surface area contributed by atoms with Crippen molar-refractivity contribution in [1.29, 1.82) is 0 Å². The van der Waals surface area contributed by atoms with Crippen molar-refractivity contribution in [1.82, 2.24) is 4.98 Å². The molecule has 19 heavy (non-hydrogen) atoms. The van der Waals surface area contributed by atoms with Crippen molar-refractivity contribution in [3.05, 3.63) is 29.5 Å². The number of H-pyrrole nitrogens is 1. The van der Waals surface area contributed by atoms with Gasteiger partial charge < -0.3 is 14.5 Å². The van der Waals surface area contributed by atoms with Crippen molar-refractivity contribution < 1.29 is 23.0 Å². The molecule has 2 aromatic rings. The summed E-state index contributed by atoms with van der Waals surface area (Å²) in [6, 6.07) is 4.77. The minimum atomic E-state index is -2.52. The second kappa shape index (κ2) is 5.26. The third kappa shape index (κ3) is 2.67. The lowest BCUT2D eigenvalue weighted by Crippen LogP contribution is -2.06. The molecular formula is C13H13F2NO3. The van der Waals surface area contributed by atoms with E-state index in [1.807, 2.05) is 0 Å². The highest BCUT2D eigenvalue weighted by atomic mass is 19.3. The summed E-state index contributed by atoms with van der Waals surface area (Å²) >= 11 is 0. The van der Waals surface area contributed by atoms with E-state index >= 15 is 0 Å². The fraction of sp³-hybridized carbons (Fsp3) is 0.308. The predicted octanol–water partition coefficient (Wildman–Crippen LogP) is 2.91. The normalized spacial score (nSPS) is 11.0. The van der Waals surface area contributed by atoms with E-state index in [4.69, 9.17) is 9.47 Å². The van der Waals surface area contributed by atoms with Crippen molar-refractivity contribution in [2.75, 3.05) is 13.7 Å². The average molecular weight is 269 g/mol. The Hall–Kier alpha value is -2.11. The van der Waals surface area contributed by atoms with Gasteiger partial charge in [-0.25, -0.2) is 13.6 Å². The number of methoxy groups -OCH3 is 1. The van der Waals surface area contributed by atoms with Gasteiger partial charge in [-0.2, -0.15) is 0 Å². The van der Waals surface area contributed by atoms with Gasteiger partial charge >= 0.3 is 5.97 Å². The molecule has 0 bridgehead atoms. The number of carbonyl (C=O) groups is 1. The van der Waals surface area contributed by atoms with Crippen LogP contribution in [0, 0.1) is 6.92 Å². The first-order valence-corrected chi connectivity index (χ1v) is 5.64. The fourth-order valence-electron chi connectivity index (χ4n) is 1.93. The smallest absolute Gasteiger partial charge is 0.340 e. The van der Waals surface area contributed by atoms with Gasteiger partial charge in [-0.15, -0.1) is 0 Å². The summed E-state index contributed by atoms with van der Waals surface area (Å²) in [7, 11) is 1.31. The van der Waals surface area contributed by atoms with Gasteiger partial charge in [0.05, 0.1) is 18.2 Å². The predicted molar refractivity (Wildman–Crippen MR) is 65.9 cm³/mol. The van der Waals surface area contributed by atoms with Crippen LogP contribution in [0.2, 0.25) is 0 Å². The summed E-state index contributed by atoms with van der Waals surface area (Å²) in [6.07, 6.45) is -2.52. The summed E-state index contributed by atoms with van der Waals surface area (Å²) in [5.41, 5.74) is 1.75. The molecule has 0 fully saturated rings. The monoisotopic (exact) mass is 269 g/mol. The van der Waals surface area contributed by atoms with Gasteiger partial charge in [0, 0.05) is 17.1 Å². The largest absolute Gasteiger partial charge is 0.488 e. The van der Waals surface area contributed by atoms with E-state index in [1.54, 1.807) is 25.1 Å². The van der Waals surface area contributed by atoms with E-state index in [9.17, 15) is 13.6 Å². The van der Waals surface area contributed by atoms with Crippen molar-refractivity contribution in [2.45, 2.75) is 13.3 Å². The van der Waals surface area contributed by atoms with Gasteiger partial charge in [-0.3, -0.25) is 0 Å². The number of hydrogen-bond donors (Lipinski definition) is 1. The first-order valence-electron chi connectivity index (χ1n) is 5.64. The maximum absolute atomic E-state index is 12.1. The number of benzene rings is 1. The standard InChI is InChI=1S/C13H13F2NO3/c1-7-12(13(17)18-2)9-4-3-8(5-10(9)16-7)19-6-11(14)15/h3-5,11,16H,6H2,1-2H3. The minimum Gasteiger partial charge on any atom is -0.488 e. The number of nitrogens with one attached hydrogen (secondary N) is 1. The molecule has 6 heteroatoms. The second-order valence-corrected chi connectivity index (χ2v) is 4.03. The zero-order valence-electron chi connectivity index (χ0n) is 10.5. The van der Waals surface area contributed by atoms with Crippen LogP contribution in [0.5, 0.6) is 5.75 Å². The van der Waals surface area contributed by atoms with Crippen LogP contribution >= 0.6 is 0 Å². The number of fused-ring (bicyclic) bond motifs is 1. The molecule has 0 radical (unpaired) electrons. The van der Waals surface area contributed by atoms with Crippen LogP contribution < -0.4 is 4.74 Å². The molecule has 1 heterocycles. The zero-order chi connectivity index (χ0) is 14.0. The van der Waals surface area contributed by atoms with Crippen molar-refractivity contribution in [3.63, 3.8) is 0 Å². The van der Waals surface area contributed by atoms with E-state index in [-0.39, 0.29) is 0 Å². The molecule has 0 saturated carbocycles. The highest BCUT2D eigenvalue weighted by Gasteiger charge is 2.16. The van der Waals surface area contributed by atoms with Gasteiger partial charge in [-0.1, -0.05) is 0 Å². The highest BCUT2D eigenvalue weighted by Crippen LogP contribution is 2.26. The third-order valence-electron chi connectivity index (χ3n) is 2.72. The van der Waals surface area contributed by atoms with Crippen molar-refractivity contribution in [2.24, 2.45) is 0 Å². The molecule has 0 spiro atoms. The molecule has 1 N–H and O–H groups in total. The molecule has 102 valence electrons. The van der Waals surface area contributed by atoms with Crippen LogP contribution in [-0.4, -0.2) is 31.1 Å². The second-order valence-electron chi connectivity index (χ2n) is 4.03. The Labute approximate surface area is 108 Å². The number of aryl methyl sites for hydroxylation is 1. The van der Waals surface area contributed by atoms with Crippen LogP contribution in [0.3, 0.4) is 0 Å². The van der Waals surface area contributed by atoms with Gasteiger partial charge in [0.1, 0.15) is 12.4 Å². The highest BCUT2D eigenvalue weighted by molar-refractivity contribution is 6.05. The Morgan fingerprint density at radius 1 is 1.42 bits per heavy atom. The van der Waals surface area contributed by atoms with Crippen molar-refractivity contribution >= 4 is 16.9 Å². The Morgan fingerprint density at radius 3 is 2.79 bits per heavy atom. The summed E-state index contributed by atoms with van der Waals surface area (Å²) in [4.78, 5) is 14.6. The van der Waals surface area contributed by atoms with Gasteiger partial charge in [-0.05, 0) is 19.1 Å². The van der Waals surface area contributed by atoms with Gasteiger partial charge in [0.25, 0.3) is 6.43 Å². The van der Waals surface area contributed by atoms with Gasteiger partial charge in [0.15, 0.2) is 0 Å². The first kappa shape index (κ1) is 13.3. The number of rotatable bonds is 4. The molecular weight excluding hydrogens is 256 g/mol. The van der Waals surface area contributed by atoms with Gasteiger partial charge in [0.2, 0.25) is 0 Å². The summed E-state index contributed by atoms with van der Waals surface area (Å²) in [5.74, 6) is -0.115. The number of halogens is 2. The number of aromatic nitrogens is 1. The Kier molecular flexibility index (Phi) is 3.69. The topological polar surface area (TPSA) is 51.3 Å². The summed E-state index contributed by atoms with van der Waals surface area (Å²) in [6.45, 7) is 1.08. The van der Waals surface area contributed by atoms with E-state index in [0.717, 1.165) is 0 Å². The minimum absolute atomic E-state index is 0.325. The van der Waals surface area contributed by atoms with E-state index < -0.39 is 19.0 Å². The molecule has 0 aliphatic carbocycles. The number of aromatic amines is 1. The fourth-order valence-corrected chi connectivity index (χ4v) is 1.93.